The quantitative estimate of drug-likeness (QED) is 0.678. The second-order valence-electron chi connectivity index (χ2n) is 4.27. The maximum atomic E-state index is 10.9. The molecule has 0 amide bonds. The number of anilines is 1. The molecular weight excluding hydrogens is 258 g/mol. The fraction of sp³-hybridized carbons (Fsp3) is 0. The number of hydrogen-bond donors (Lipinski definition) is 3. The number of fused-ring (bicyclic) bond motifs is 1. The number of aromatic nitrogens is 2. The minimum absolute atomic E-state index is 0.141. The van der Waals surface area contributed by atoms with Crippen LogP contribution in [0, 0.1) is 0 Å². The molecule has 0 saturated heterocycles. The average molecular weight is 269 g/mol. The van der Waals surface area contributed by atoms with Gasteiger partial charge in [0, 0.05) is 23.0 Å². The Morgan fingerprint density at radius 2 is 2.10 bits per heavy atom. The molecule has 100 valence electrons. The first-order chi connectivity index (χ1) is 9.61. The van der Waals surface area contributed by atoms with Crippen LogP contribution in [0.25, 0.3) is 10.9 Å². The number of nitrogens with one attached hydrogen (secondary N) is 1. The van der Waals surface area contributed by atoms with Gasteiger partial charge in [-0.05, 0) is 24.3 Å². The Labute approximate surface area is 113 Å². The van der Waals surface area contributed by atoms with Crippen LogP contribution >= 0.6 is 0 Å². The van der Waals surface area contributed by atoms with E-state index < -0.39 is 5.97 Å². The number of ether oxygens (including phenoxy) is 1. The number of benzene rings is 1. The molecule has 6 nitrogen and oxygen atoms in total. The predicted molar refractivity (Wildman–Crippen MR) is 74.0 cm³/mol. The summed E-state index contributed by atoms with van der Waals surface area (Å²) in [5.74, 6) is -0.0130. The van der Waals surface area contributed by atoms with Crippen LogP contribution in [0.2, 0.25) is 0 Å². The standard InChI is InChI=1S/C14H11N3O3/c15-9-2-4-13(16-7-9)20-10-3-1-8-5-12(14(18)19)17-11(8)6-10/h1-7,17H,15H2,(H,18,19). The minimum atomic E-state index is -0.996. The van der Waals surface area contributed by atoms with Crippen molar-refractivity contribution in [3.05, 3.63) is 48.3 Å². The average Bonchev–Trinajstić information content (AvgIpc) is 2.85. The third-order valence-corrected chi connectivity index (χ3v) is 2.81. The molecule has 6 heteroatoms. The number of aromatic amines is 1. The Kier molecular flexibility index (Phi) is 2.76. The highest BCUT2D eigenvalue weighted by atomic mass is 16.5. The molecule has 0 spiro atoms. The summed E-state index contributed by atoms with van der Waals surface area (Å²) in [6.07, 6.45) is 1.50. The Hall–Kier alpha value is -3.02. The predicted octanol–water partition coefficient (Wildman–Crippen LogP) is 2.64. The lowest BCUT2D eigenvalue weighted by Gasteiger charge is -2.04. The second kappa shape index (κ2) is 4.58. The molecule has 0 aliphatic heterocycles. The first kappa shape index (κ1) is 12.0. The van der Waals surface area contributed by atoms with Crippen molar-refractivity contribution in [2.45, 2.75) is 0 Å². The van der Waals surface area contributed by atoms with Gasteiger partial charge in [0.25, 0.3) is 0 Å². The van der Waals surface area contributed by atoms with Crippen molar-refractivity contribution >= 4 is 22.6 Å². The molecule has 1 aromatic carbocycles. The SMILES string of the molecule is Nc1ccc(Oc2ccc3cc(C(=O)O)[nH]c3c2)nc1. The molecule has 4 N–H and O–H groups in total. The van der Waals surface area contributed by atoms with Crippen LogP contribution in [-0.4, -0.2) is 21.0 Å². The van der Waals surface area contributed by atoms with Crippen molar-refractivity contribution in [1.82, 2.24) is 9.97 Å². The van der Waals surface area contributed by atoms with Crippen LogP contribution in [0.5, 0.6) is 11.6 Å². The Morgan fingerprint density at radius 3 is 2.80 bits per heavy atom. The van der Waals surface area contributed by atoms with E-state index in [1.807, 2.05) is 0 Å². The molecule has 0 saturated carbocycles. The molecule has 0 bridgehead atoms. The normalized spacial score (nSPS) is 10.6. The van der Waals surface area contributed by atoms with E-state index in [1.165, 1.54) is 6.20 Å². The van der Waals surface area contributed by atoms with Crippen molar-refractivity contribution in [2.24, 2.45) is 0 Å². The number of carboxylic acids is 1. The molecule has 0 aliphatic rings. The van der Waals surface area contributed by atoms with Gasteiger partial charge in [0.05, 0.1) is 11.9 Å². The first-order valence-electron chi connectivity index (χ1n) is 5.87. The van der Waals surface area contributed by atoms with Gasteiger partial charge in [-0.25, -0.2) is 9.78 Å². The maximum absolute atomic E-state index is 10.9. The molecule has 3 aromatic rings. The van der Waals surface area contributed by atoms with Gasteiger partial charge in [-0.15, -0.1) is 0 Å². The highest BCUT2D eigenvalue weighted by molar-refractivity contribution is 5.94. The maximum Gasteiger partial charge on any atom is 0.352 e. The molecule has 2 heterocycles. The Balaban J connectivity index is 1.92. The highest BCUT2D eigenvalue weighted by Gasteiger charge is 2.08. The van der Waals surface area contributed by atoms with Crippen LogP contribution in [0.3, 0.4) is 0 Å². The lowest BCUT2D eigenvalue weighted by atomic mass is 10.2. The fourth-order valence-corrected chi connectivity index (χ4v) is 1.86. The molecule has 20 heavy (non-hydrogen) atoms. The smallest absolute Gasteiger partial charge is 0.352 e. The number of pyridine rings is 1. The largest absolute Gasteiger partial charge is 0.477 e. The van der Waals surface area contributed by atoms with Crippen molar-refractivity contribution < 1.29 is 14.6 Å². The van der Waals surface area contributed by atoms with E-state index in [9.17, 15) is 4.79 Å². The number of carboxylic acid groups (broad SMARTS) is 1. The molecule has 3 rings (SSSR count). The number of carbonyl (C=O) groups is 1. The fourth-order valence-electron chi connectivity index (χ4n) is 1.86. The van der Waals surface area contributed by atoms with E-state index in [2.05, 4.69) is 9.97 Å². The number of nitrogens with two attached hydrogens (primary N) is 1. The molecule has 0 fully saturated rings. The lowest BCUT2D eigenvalue weighted by molar-refractivity contribution is 0.0691. The van der Waals surface area contributed by atoms with Gasteiger partial charge in [0.2, 0.25) is 5.88 Å². The number of nitrogens with zero attached hydrogens (tertiary/aromatic N) is 1. The Morgan fingerprint density at radius 1 is 1.25 bits per heavy atom. The summed E-state index contributed by atoms with van der Waals surface area (Å²) in [4.78, 5) is 17.7. The van der Waals surface area contributed by atoms with Gasteiger partial charge in [-0.2, -0.15) is 0 Å². The van der Waals surface area contributed by atoms with Gasteiger partial charge < -0.3 is 20.6 Å². The molecular formula is C14H11N3O3. The molecule has 0 aliphatic carbocycles. The van der Waals surface area contributed by atoms with Crippen LogP contribution in [0.15, 0.2) is 42.6 Å². The van der Waals surface area contributed by atoms with E-state index in [4.69, 9.17) is 15.6 Å². The molecule has 0 atom stereocenters. The van der Waals surface area contributed by atoms with E-state index in [0.29, 0.717) is 22.8 Å². The highest BCUT2D eigenvalue weighted by Crippen LogP contribution is 2.25. The summed E-state index contributed by atoms with van der Waals surface area (Å²) in [5, 5.41) is 9.74. The van der Waals surface area contributed by atoms with E-state index >= 15 is 0 Å². The van der Waals surface area contributed by atoms with Crippen molar-refractivity contribution in [2.75, 3.05) is 5.73 Å². The topological polar surface area (TPSA) is 101 Å². The number of hydrogen-bond acceptors (Lipinski definition) is 4. The van der Waals surface area contributed by atoms with Crippen molar-refractivity contribution in [3.63, 3.8) is 0 Å². The van der Waals surface area contributed by atoms with E-state index in [1.54, 1.807) is 36.4 Å². The molecule has 2 aromatic heterocycles. The third kappa shape index (κ3) is 2.26. The van der Waals surface area contributed by atoms with Crippen LogP contribution < -0.4 is 10.5 Å². The zero-order valence-electron chi connectivity index (χ0n) is 10.3. The second-order valence-corrected chi connectivity index (χ2v) is 4.27. The number of nitrogen functional groups attached to an aromatic ring is 1. The van der Waals surface area contributed by atoms with Crippen molar-refractivity contribution in [3.8, 4) is 11.6 Å². The van der Waals surface area contributed by atoms with Crippen LogP contribution in [0.4, 0.5) is 5.69 Å². The number of aromatic carboxylic acids is 1. The molecule has 0 radical (unpaired) electrons. The zero-order chi connectivity index (χ0) is 14.1. The number of H-pyrrole nitrogens is 1. The monoisotopic (exact) mass is 269 g/mol. The van der Waals surface area contributed by atoms with Gasteiger partial charge in [0.1, 0.15) is 11.4 Å². The summed E-state index contributed by atoms with van der Waals surface area (Å²) >= 11 is 0. The van der Waals surface area contributed by atoms with Gasteiger partial charge in [-0.1, -0.05) is 0 Å². The molecule has 0 unspecified atom stereocenters. The summed E-state index contributed by atoms with van der Waals surface area (Å²) in [7, 11) is 0. The summed E-state index contributed by atoms with van der Waals surface area (Å²) in [6.45, 7) is 0. The number of rotatable bonds is 3. The van der Waals surface area contributed by atoms with Gasteiger partial charge in [0.15, 0.2) is 0 Å². The zero-order valence-corrected chi connectivity index (χ0v) is 10.3. The van der Waals surface area contributed by atoms with Crippen LogP contribution in [-0.2, 0) is 0 Å². The lowest BCUT2D eigenvalue weighted by Crippen LogP contribution is -1.94. The first-order valence-corrected chi connectivity index (χ1v) is 5.87. The summed E-state index contributed by atoms with van der Waals surface area (Å²) < 4.78 is 5.58. The van der Waals surface area contributed by atoms with Crippen molar-refractivity contribution in [1.29, 1.82) is 0 Å². The minimum Gasteiger partial charge on any atom is -0.477 e. The van der Waals surface area contributed by atoms with E-state index in [0.717, 1.165) is 5.39 Å². The van der Waals surface area contributed by atoms with Crippen LogP contribution in [0.1, 0.15) is 10.5 Å². The summed E-state index contributed by atoms with van der Waals surface area (Å²) in [5.41, 5.74) is 6.94. The summed E-state index contributed by atoms with van der Waals surface area (Å²) in [6, 6.07) is 10.2. The van der Waals surface area contributed by atoms with E-state index in [-0.39, 0.29) is 5.69 Å². The third-order valence-electron chi connectivity index (χ3n) is 2.81. The Bertz CT molecular complexity index is 778. The van der Waals surface area contributed by atoms with Gasteiger partial charge in [-0.3, -0.25) is 0 Å². The van der Waals surface area contributed by atoms with Gasteiger partial charge >= 0.3 is 5.97 Å².